The Morgan fingerprint density at radius 2 is 1.88 bits per heavy atom. The Balaban J connectivity index is 1.55. The van der Waals surface area contributed by atoms with Gasteiger partial charge in [0.15, 0.2) is 6.10 Å². The third-order valence-electron chi connectivity index (χ3n) is 5.10. The van der Waals surface area contributed by atoms with Gasteiger partial charge in [-0.3, -0.25) is 19.3 Å². The van der Waals surface area contributed by atoms with Gasteiger partial charge in [0.2, 0.25) is 15.9 Å². The van der Waals surface area contributed by atoms with Crippen molar-refractivity contribution in [3.05, 3.63) is 53.6 Å². The van der Waals surface area contributed by atoms with Gasteiger partial charge in [-0.25, -0.2) is 13.1 Å². The molecule has 32 heavy (non-hydrogen) atoms. The molecule has 1 atom stereocenters. The zero-order valence-corrected chi connectivity index (χ0v) is 18.9. The van der Waals surface area contributed by atoms with Gasteiger partial charge in [0.05, 0.1) is 22.7 Å². The number of carbonyl (C=O) groups is 3. The van der Waals surface area contributed by atoms with Crippen molar-refractivity contribution in [2.45, 2.75) is 38.2 Å². The summed E-state index contributed by atoms with van der Waals surface area (Å²) in [5.74, 6) is -1.63. The van der Waals surface area contributed by atoms with Crippen molar-refractivity contribution in [2.75, 3.05) is 23.3 Å². The quantitative estimate of drug-likeness (QED) is 0.610. The number of aryl methyl sites for hydroxylation is 2. The van der Waals surface area contributed by atoms with E-state index in [1.807, 2.05) is 13.8 Å². The zero-order chi connectivity index (χ0) is 23.5. The van der Waals surface area contributed by atoms with Gasteiger partial charge in [-0.15, -0.1) is 0 Å². The highest BCUT2D eigenvalue weighted by atomic mass is 32.2. The molecule has 1 aliphatic heterocycles. The Hall–Kier alpha value is -3.24. The van der Waals surface area contributed by atoms with Crippen LogP contribution in [0.25, 0.3) is 0 Å². The maximum absolute atomic E-state index is 12.8. The molecule has 0 radical (unpaired) electrons. The van der Waals surface area contributed by atoms with Crippen molar-refractivity contribution < 1.29 is 27.5 Å². The fourth-order valence-corrected chi connectivity index (χ4v) is 4.32. The fourth-order valence-electron chi connectivity index (χ4n) is 3.21. The molecule has 0 spiro atoms. The summed E-state index contributed by atoms with van der Waals surface area (Å²) in [6.45, 7) is 4.74. The number of ether oxygens (including phenoxy) is 1. The molecule has 3 rings (SSSR count). The molecular formula is C22H25N3O6S. The van der Waals surface area contributed by atoms with E-state index >= 15 is 0 Å². The lowest BCUT2D eigenvalue weighted by Crippen LogP contribution is -2.47. The van der Waals surface area contributed by atoms with Crippen molar-refractivity contribution in [2.24, 2.45) is 0 Å². The molecule has 0 fully saturated rings. The number of nitrogens with one attached hydrogen (secondary N) is 2. The van der Waals surface area contributed by atoms with Gasteiger partial charge in [0.1, 0.15) is 6.54 Å². The van der Waals surface area contributed by atoms with Gasteiger partial charge in [-0.2, -0.15) is 0 Å². The van der Waals surface area contributed by atoms with Crippen LogP contribution < -0.4 is 14.9 Å². The number of amides is 2. The summed E-state index contributed by atoms with van der Waals surface area (Å²) in [5.41, 5.74) is 2.82. The molecule has 10 heteroatoms. The number of esters is 1. The third-order valence-corrected chi connectivity index (χ3v) is 6.56. The summed E-state index contributed by atoms with van der Waals surface area (Å²) in [4.78, 5) is 38.2. The summed E-state index contributed by atoms with van der Waals surface area (Å²) in [6.07, 6.45) is -1.39. The second kappa shape index (κ2) is 9.49. The molecule has 0 bridgehead atoms. The first-order chi connectivity index (χ1) is 15.1. The molecule has 0 aromatic heterocycles. The highest BCUT2D eigenvalue weighted by Crippen LogP contribution is 2.29. The summed E-state index contributed by atoms with van der Waals surface area (Å²) in [7, 11) is -3.77. The van der Waals surface area contributed by atoms with E-state index in [-0.39, 0.29) is 30.3 Å². The Kier molecular flexibility index (Phi) is 6.95. The molecule has 2 aromatic carbocycles. The highest BCUT2D eigenvalue weighted by molar-refractivity contribution is 7.89. The maximum Gasteiger partial charge on any atom is 0.307 e. The molecule has 0 aliphatic carbocycles. The maximum atomic E-state index is 12.8. The number of nitrogens with zero attached hydrogens (tertiary/aromatic N) is 1. The van der Waals surface area contributed by atoms with E-state index in [4.69, 9.17) is 4.74 Å². The lowest BCUT2D eigenvalue weighted by atomic mass is 10.1. The van der Waals surface area contributed by atoms with Crippen LogP contribution in [0.3, 0.4) is 0 Å². The Morgan fingerprint density at radius 1 is 1.16 bits per heavy atom. The number of anilines is 2. The minimum Gasteiger partial charge on any atom is -0.452 e. The van der Waals surface area contributed by atoms with Gasteiger partial charge in [-0.05, 0) is 56.2 Å². The van der Waals surface area contributed by atoms with Gasteiger partial charge in [0, 0.05) is 6.54 Å². The Bertz CT molecular complexity index is 1160. The Labute approximate surface area is 186 Å². The molecule has 2 N–H and O–H groups in total. The lowest BCUT2D eigenvalue weighted by Gasteiger charge is -2.30. The first-order valence-electron chi connectivity index (χ1n) is 10.0. The summed E-state index contributed by atoms with van der Waals surface area (Å²) < 4.78 is 32.3. The molecule has 1 aliphatic rings. The average Bonchev–Trinajstić information content (AvgIpc) is 2.74. The van der Waals surface area contributed by atoms with E-state index in [0.29, 0.717) is 11.4 Å². The van der Waals surface area contributed by atoms with Crippen LogP contribution in [0.15, 0.2) is 47.4 Å². The first-order valence-corrected chi connectivity index (χ1v) is 11.5. The van der Waals surface area contributed by atoms with E-state index in [1.165, 1.54) is 17.9 Å². The van der Waals surface area contributed by atoms with Crippen LogP contribution in [0.4, 0.5) is 11.4 Å². The molecule has 0 saturated carbocycles. The van der Waals surface area contributed by atoms with Crippen LogP contribution in [-0.2, 0) is 29.1 Å². The molecule has 2 aromatic rings. The summed E-state index contributed by atoms with van der Waals surface area (Å²) in [6, 6.07) is 11.6. The van der Waals surface area contributed by atoms with Crippen LogP contribution in [0.2, 0.25) is 0 Å². The summed E-state index contributed by atoms with van der Waals surface area (Å²) in [5, 5.41) is 2.68. The number of benzene rings is 2. The van der Waals surface area contributed by atoms with Crippen LogP contribution >= 0.6 is 0 Å². The van der Waals surface area contributed by atoms with Gasteiger partial charge in [0.25, 0.3) is 5.91 Å². The molecule has 170 valence electrons. The van der Waals surface area contributed by atoms with E-state index in [1.54, 1.807) is 36.4 Å². The number of hydrogen-bond donors (Lipinski definition) is 2. The van der Waals surface area contributed by atoms with Crippen LogP contribution in [0.5, 0.6) is 0 Å². The van der Waals surface area contributed by atoms with E-state index < -0.39 is 28.0 Å². The molecular weight excluding hydrogens is 434 g/mol. The number of fused-ring (bicyclic) bond motifs is 1. The zero-order valence-electron chi connectivity index (χ0n) is 18.0. The minimum absolute atomic E-state index is 0.111. The number of carbonyl (C=O) groups excluding carboxylic acids is 3. The molecule has 0 saturated heterocycles. The third kappa shape index (κ3) is 5.32. The first kappa shape index (κ1) is 23.4. The normalized spacial score (nSPS) is 14.3. The topological polar surface area (TPSA) is 122 Å². The number of hydrogen-bond acceptors (Lipinski definition) is 6. The number of rotatable bonds is 7. The van der Waals surface area contributed by atoms with Crippen molar-refractivity contribution in [1.29, 1.82) is 0 Å². The second-order valence-corrected chi connectivity index (χ2v) is 9.28. The van der Waals surface area contributed by atoms with Crippen molar-refractivity contribution in [3.8, 4) is 0 Å². The van der Waals surface area contributed by atoms with Crippen molar-refractivity contribution in [3.63, 3.8) is 0 Å². The predicted molar refractivity (Wildman–Crippen MR) is 119 cm³/mol. The largest absolute Gasteiger partial charge is 0.452 e. The van der Waals surface area contributed by atoms with Crippen LogP contribution in [0.1, 0.15) is 24.5 Å². The molecule has 0 unspecified atom stereocenters. The molecule has 2 amide bonds. The van der Waals surface area contributed by atoms with Crippen molar-refractivity contribution >= 4 is 39.2 Å². The van der Waals surface area contributed by atoms with E-state index in [2.05, 4.69) is 10.0 Å². The SMILES string of the molecule is Cc1ccc(S(=O)(=O)NCCC(=O)O[C@H](C)C(=O)N2CC(=O)Nc3ccccc32)cc1C. The van der Waals surface area contributed by atoms with Crippen LogP contribution in [-0.4, -0.2) is 45.4 Å². The second-order valence-electron chi connectivity index (χ2n) is 7.52. The standard InChI is InChI=1S/C22H25N3O6S/c1-14-8-9-17(12-15(14)2)32(29,30)23-11-10-21(27)31-16(3)22(28)25-13-20(26)24-18-6-4-5-7-19(18)25/h4-9,12,16,23H,10-11,13H2,1-3H3,(H,24,26)/t16-/m1/s1. The van der Waals surface area contributed by atoms with E-state index in [0.717, 1.165) is 11.1 Å². The number of sulfonamides is 1. The minimum atomic E-state index is -3.77. The predicted octanol–water partition coefficient (Wildman–Crippen LogP) is 1.89. The lowest BCUT2D eigenvalue weighted by molar-refractivity contribution is -0.153. The molecule has 1 heterocycles. The number of para-hydroxylation sites is 2. The fraction of sp³-hybridized carbons (Fsp3) is 0.318. The smallest absolute Gasteiger partial charge is 0.307 e. The molecule has 9 nitrogen and oxygen atoms in total. The monoisotopic (exact) mass is 459 g/mol. The van der Waals surface area contributed by atoms with Crippen molar-refractivity contribution in [1.82, 2.24) is 4.72 Å². The Morgan fingerprint density at radius 3 is 2.59 bits per heavy atom. The highest BCUT2D eigenvalue weighted by Gasteiger charge is 2.31. The van der Waals surface area contributed by atoms with E-state index in [9.17, 15) is 22.8 Å². The average molecular weight is 460 g/mol. The van der Waals surface area contributed by atoms with Crippen LogP contribution in [0, 0.1) is 13.8 Å². The van der Waals surface area contributed by atoms with Gasteiger partial charge < -0.3 is 10.1 Å². The summed E-state index contributed by atoms with van der Waals surface area (Å²) >= 11 is 0. The van der Waals surface area contributed by atoms with Gasteiger partial charge in [-0.1, -0.05) is 18.2 Å². The van der Waals surface area contributed by atoms with Gasteiger partial charge >= 0.3 is 5.97 Å².